The van der Waals surface area contributed by atoms with Crippen LogP contribution >= 0.6 is 0 Å². The Bertz CT molecular complexity index is 1210. The fourth-order valence-electron chi connectivity index (χ4n) is 4.22. The summed E-state index contributed by atoms with van der Waals surface area (Å²) in [6.07, 6.45) is -0.182. The minimum absolute atomic E-state index is 0.0221. The molecule has 1 aliphatic rings. The van der Waals surface area contributed by atoms with Crippen LogP contribution in [0.5, 0.6) is 0 Å². The topological polar surface area (TPSA) is 132 Å². The molecule has 0 bridgehead atoms. The molecular formula is C25H26N4O6. The Hall–Kier alpha value is -4.18. The lowest BCUT2D eigenvalue weighted by atomic mass is 9.98. The number of aliphatic carboxylic acids is 1. The molecule has 2 aromatic carbocycles. The minimum Gasteiger partial charge on any atom is -0.481 e. The Balaban J connectivity index is 1.40. The molecule has 1 aliphatic carbocycles. The van der Waals surface area contributed by atoms with E-state index in [-0.39, 0.29) is 36.9 Å². The second-order valence-corrected chi connectivity index (χ2v) is 8.18. The molecule has 10 heteroatoms. The van der Waals surface area contributed by atoms with Gasteiger partial charge in [0.2, 0.25) is 0 Å². The number of amides is 2. The summed E-state index contributed by atoms with van der Waals surface area (Å²) in [6, 6.07) is 16.1. The first-order chi connectivity index (χ1) is 16.9. The van der Waals surface area contributed by atoms with Gasteiger partial charge in [0.15, 0.2) is 5.69 Å². The first-order valence-electron chi connectivity index (χ1n) is 11.1. The molecule has 1 atom stereocenters. The number of carboxylic acids is 1. The molecule has 0 aliphatic heterocycles. The third-order valence-corrected chi connectivity index (χ3v) is 5.85. The van der Waals surface area contributed by atoms with E-state index in [2.05, 4.69) is 27.9 Å². The number of nitrogens with zero attached hydrogens (tertiary/aromatic N) is 2. The average Bonchev–Trinajstić information content (AvgIpc) is 3.37. The van der Waals surface area contributed by atoms with Crippen molar-refractivity contribution in [2.24, 2.45) is 7.05 Å². The molecule has 0 saturated carbocycles. The van der Waals surface area contributed by atoms with Crippen molar-refractivity contribution in [2.75, 3.05) is 25.6 Å². The first kappa shape index (κ1) is 24.0. The first-order valence-corrected chi connectivity index (χ1v) is 11.1. The van der Waals surface area contributed by atoms with E-state index in [1.54, 1.807) is 7.05 Å². The Kier molecular flexibility index (Phi) is 7.11. The number of benzene rings is 2. The van der Waals surface area contributed by atoms with Gasteiger partial charge in [-0.25, -0.2) is 4.79 Å². The van der Waals surface area contributed by atoms with Crippen molar-refractivity contribution in [1.29, 1.82) is 0 Å². The number of ether oxygens (including phenoxy) is 2. The van der Waals surface area contributed by atoms with Crippen LogP contribution in [-0.2, 0) is 21.3 Å². The van der Waals surface area contributed by atoms with Gasteiger partial charge in [0.1, 0.15) is 6.61 Å². The number of fused-ring (bicyclic) bond motifs is 3. The largest absolute Gasteiger partial charge is 0.481 e. The number of methoxy groups -OCH3 is 1. The predicted molar refractivity (Wildman–Crippen MR) is 127 cm³/mol. The van der Waals surface area contributed by atoms with Crippen molar-refractivity contribution in [1.82, 2.24) is 15.1 Å². The van der Waals surface area contributed by atoms with E-state index in [9.17, 15) is 14.4 Å². The normalized spacial score (nSPS) is 13.0. The Morgan fingerprint density at radius 2 is 1.71 bits per heavy atom. The molecule has 0 radical (unpaired) electrons. The molecule has 4 rings (SSSR count). The van der Waals surface area contributed by atoms with Crippen LogP contribution in [0.25, 0.3) is 11.1 Å². The highest BCUT2D eigenvalue weighted by molar-refractivity contribution is 6.00. The number of carbonyl (C=O) groups excluding carboxylic acids is 2. The van der Waals surface area contributed by atoms with Gasteiger partial charge in [0.25, 0.3) is 5.91 Å². The highest BCUT2D eigenvalue weighted by atomic mass is 16.5. The number of carbonyl (C=O) groups is 3. The highest BCUT2D eigenvalue weighted by Gasteiger charge is 2.29. The molecule has 3 aromatic rings. The number of hydrogen-bond donors (Lipinski definition) is 3. The Morgan fingerprint density at radius 3 is 2.31 bits per heavy atom. The van der Waals surface area contributed by atoms with Crippen LogP contribution in [-0.4, -0.2) is 59.2 Å². The van der Waals surface area contributed by atoms with Crippen LogP contribution in [0.15, 0.2) is 54.7 Å². The van der Waals surface area contributed by atoms with Crippen LogP contribution in [0.4, 0.5) is 10.5 Å². The molecule has 0 spiro atoms. The van der Waals surface area contributed by atoms with Crippen molar-refractivity contribution in [3.63, 3.8) is 0 Å². The third-order valence-electron chi connectivity index (χ3n) is 5.85. The molecule has 1 aromatic heterocycles. The molecule has 2 amide bonds. The predicted octanol–water partition coefficient (Wildman–Crippen LogP) is 3.00. The van der Waals surface area contributed by atoms with Crippen molar-refractivity contribution < 1.29 is 29.0 Å². The van der Waals surface area contributed by atoms with Gasteiger partial charge in [0, 0.05) is 32.8 Å². The SMILES string of the molecule is COC(CNC(=O)c1nn(C)cc1NC(=O)OCC1c2ccccc2-c2ccccc21)CC(=O)O. The number of nitrogens with one attached hydrogen (secondary N) is 2. The molecule has 0 saturated heterocycles. The number of rotatable bonds is 9. The van der Waals surface area contributed by atoms with Gasteiger partial charge in [-0.2, -0.15) is 5.10 Å². The van der Waals surface area contributed by atoms with E-state index in [1.807, 2.05) is 36.4 Å². The summed E-state index contributed by atoms with van der Waals surface area (Å²) in [5, 5.41) is 18.2. The number of hydrogen-bond acceptors (Lipinski definition) is 6. The van der Waals surface area contributed by atoms with E-state index in [0.29, 0.717) is 0 Å². The molecule has 3 N–H and O–H groups in total. The van der Waals surface area contributed by atoms with Crippen LogP contribution in [0.2, 0.25) is 0 Å². The smallest absolute Gasteiger partial charge is 0.411 e. The maximum absolute atomic E-state index is 12.6. The fourth-order valence-corrected chi connectivity index (χ4v) is 4.22. The number of anilines is 1. The average molecular weight is 479 g/mol. The zero-order chi connectivity index (χ0) is 24.9. The van der Waals surface area contributed by atoms with Crippen molar-refractivity contribution in [3.8, 4) is 11.1 Å². The zero-order valence-corrected chi connectivity index (χ0v) is 19.4. The summed E-state index contributed by atoms with van der Waals surface area (Å²) in [6.45, 7) is 0.106. The fraction of sp³-hybridized carbons (Fsp3) is 0.280. The van der Waals surface area contributed by atoms with Gasteiger partial charge >= 0.3 is 12.1 Å². The van der Waals surface area contributed by atoms with Gasteiger partial charge < -0.3 is 19.9 Å². The van der Waals surface area contributed by atoms with E-state index < -0.39 is 24.1 Å². The van der Waals surface area contributed by atoms with Crippen LogP contribution in [0.3, 0.4) is 0 Å². The lowest BCUT2D eigenvalue weighted by molar-refractivity contribution is -0.139. The lowest BCUT2D eigenvalue weighted by Gasteiger charge is -2.15. The molecule has 10 nitrogen and oxygen atoms in total. The number of aromatic nitrogens is 2. The lowest BCUT2D eigenvalue weighted by Crippen LogP contribution is -2.35. The zero-order valence-electron chi connectivity index (χ0n) is 19.4. The minimum atomic E-state index is -1.04. The standard InChI is InChI=1S/C25H26N4O6/c1-29-13-21(23(28-29)24(32)26-12-15(34-2)11-22(30)31)27-25(33)35-14-20-18-9-5-3-7-16(18)17-8-4-6-10-19(17)20/h3-10,13,15,20H,11-12,14H2,1-2H3,(H,26,32)(H,27,33)(H,30,31). The number of aryl methyl sites for hydroxylation is 1. The van der Waals surface area contributed by atoms with Gasteiger partial charge in [0.05, 0.1) is 18.2 Å². The summed E-state index contributed by atoms with van der Waals surface area (Å²) >= 11 is 0. The molecule has 1 heterocycles. The van der Waals surface area contributed by atoms with E-state index in [0.717, 1.165) is 22.3 Å². The second-order valence-electron chi connectivity index (χ2n) is 8.18. The van der Waals surface area contributed by atoms with Crippen molar-refractivity contribution in [3.05, 3.63) is 71.5 Å². The Morgan fingerprint density at radius 1 is 1.09 bits per heavy atom. The van der Waals surface area contributed by atoms with Gasteiger partial charge in [-0.3, -0.25) is 19.6 Å². The quantitative estimate of drug-likeness (QED) is 0.431. The molecule has 1 unspecified atom stereocenters. The summed E-state index contributed by atoms with van der Waals surface area (Å²) in [7, 11) is 2.98. The molecular weight excluding hydrogens is 452 g/mol. The van der Waals surface area contributed by atoms with Crippen LogP contribution in [0, 0.1) is 0 Å². The van der Waals surface area contributed by atoms with Crippen LogP contribution < -0.4 is 10.6 Å². The van der Waals surface area contributed by atoms with Crippen molar-refractivity contribution in [2.45, 2.75) is 18.4 Å². The van der Waals surface area contributed by atoms with E-state index in [1.165, 1.54) is 18.0 Å². The maximum atomic E-state index is 12.6. The van der Waals surface area contributed by atoms with Gasteiger partial charge in [-0.05, 0) is 22.3 Å². The summed E-state index contributed by atoms with van der Waals surface area (Å²) in [4.78, 5) is 36.1. The number of carboxylic acid groups (broad SMARTS) is 1. The summed E-state index contributed by atoms with van der Waals surface area (Å²) in [5.41, 5.74) is 4.59. The molecule has 35 heavy (non-hydrogen) atoms. The van der Waals surface area contributed by atoms with Gasteiger partial charge in [-0.1, -0.05) is 48.5 Å². The van der Waals surface area contributed by atoms with E-state index in [4.69, 9.17) is 14.6 Å². The second kappa shape index (κ2) is 10.4. The highest BCUT2D eigenvalue weighted by Crippen LogP contribution is 2.44. The van der Waals surface area contributed by atoms with Gasteiger partial charge in [-0.15, -0.1) is 0 Å². The monoisotopic (exact) mass is 478 g/mol. The van der Waals surface area contributed by atoms with E-state index >= 15 is 0 Å². The Labute approximate surface area is 201 Å². The summed E-state index contributed by atoms with van der Waals surface area (Å²) in [5.74, 6) is -1.71. The maximum Gasteiger partial charge on any atom is 0.411 e. The molecule has 182 valence electrons. The molecule has 0 fully saturated rings. The third kappa shape index (κ3) is 5.33. The van der Waals surface area contributed by atoms with Crippen LogP contribution in [0.1, 0.15) is 34.0 Å². The van der Waals surface area contributed by atoms with Crippen molar-refractivity contribution >= 4 is 23.7 Å². The summed E-state index contributed by atoms with van der Waals surface area (Å²) < 4.78 is 12.0.